The molecule has 0 aromatic carbocycles. The van der Waals surface area contributed by atoms with E-state index in [-0.39, 0.29) is 23.7 Å². The lowest BCUT2D eigenvalue weighted by molar-refractivity contribution is -0.122. The van der Waals surface area contributed by atoms with Gasteiger partial charge in [0.15, 0.2) is 0 Å². The van der Waals surface area contributed by atoms with Gasteiger partial charge in [-0.3, -0.25) is 9.59 Å². The van der Waals surface area contributed by atoms with Gasteiger partial charge in [0.25, 0.3) is 5.24 Å². The summed E-state index contributed by atoms with van der Waals surface area (Å²) in [6, 6.07) is -0.0344. The van der Waals surface area contributed by atoms with Crippen LogP contribution in [0.1, 0.15) is 6.92 Å². The van der Waals surface area contributed by atoms with Crippen LogP contribution >= 0.6 is 11.8 Å². The van der Waals surface area contributed by atoms with Crippen molar-refractivity contribution in [1.82, 2.24) is 10.2 Å². The van der Waals surface area contributed by atoms with E-state index in [1.807, 2.05) is 6.92 Å². The van der Waals surface area contributed by atoms with E-state index in [2.05, 4.69) is 5.32 Å². The standard InChI is InChI=1S/C8H15N3O2S/c1-6(4-9)10-7(12)5-11-2-3-14-8(11)13/h6H,2-5,9H2,1H3,(H,10,12)/t6-/m1/s1. The fraction of sp³-hybridized carbons (Fsp3) is 0.750. The molecular formula is C8H15N3O2S. The van der Waals surface area contributed by atoms with Gasteiger partial charge in [0.2, 0.25) is 5.91 Å². The van der Waals surface area contributed by atoms with Gasteiger partial charge in [0, 0.05) is 24.9 Å². The number of rotatable bonds is 4. The van der Waals surface area contributed by atoms with Crippen LogP contribution in [-0.2, 0) is 4.79 Å². The van der Waals surface area contributed by atoms with Crippen molar-refractivity contribution < 1.29 is 9.59 Å². The second-order valence-corrected chi connectivity index (χ2v) is 4.29. The van der Waals surface area contributed by atoms with Crippen molar-refractivity contribution in [2.45, 2.75) is 13.0 Å². The largest absolute Gasteiger partial charge is 0.351 e. The molecule has 0 bridgehead atoms. The molecule has 80 valence electrons. The molecule has 0 aromatic rings. The molecule has 1 rings (SSSR count). The van der Waals surface area contributed by atoms with E-state index in [1.165, 1.54) is 11.8 Å². The van der Waals surface area contributed by atoms with E-state index in [1.54, 1.807) is 4.90 Å². The highest BCUT2D eigenvalue weighted by Crippen LogP contribution is 2.16. The predicted octanol–water partition coefficient (Wildman–Crippen LogP) is -0.381. The minimum atomic E-state index is -0.140. The lowest BCUT2D eigenvalue weighted by atomic mass is 10.3. The topological polar surface area (TPSA) is 75.4 Å². The summed E-state index contributed by atoms with van der Waals surface area (Å²) in [6.45, 7) is 3.05. The van der Waals surface area contributed by atoms with Crippen molar-refractivity contribution in [3.63, 3.8) is 0 Å². The molecule has 0 aliphatic carbocycles. The summed E-state index contributed by atoms with van der Waals surface area (Å²) >= 11 is 1.25. The Kier molecular flexibility index (Phi) is 4.21. The van der Waals surface area contributed by atoms with Crippen LogP contribution in [0.2, 0.25) is 0 Å². The summed E-state index contributed by atoms with van der Waals surface area (Å²) in [5.41, 5.74) is 5.36. The molecule has 0 saturated carbocycles. The van der Waals surface area contributed by atoms with Crippen molar-refractivity contribution in [2.75, 3.05) is 25.4 Å². The van der Waals surface area contributed by atoms with E-state index in [4.69, 9.17) is 5.73 Å². The van der Waals surface area contributed by atoms with E-state index >= 15 is 0 Å². The second kappa shape index (κ2) is 5.21. The van der Waals surface area contributed by atoms with Gasteiger partial charge < -0.3 is 16.0 Å². The second-order valence-electron chi connectivity index (χ2n) is 3.24. The van der Waals surface area contributed by atoms with Crippen LogP contribution in [0.15, 0.2) is 0 Å². The van der Waals surface area contributed by atoms with Crippen LogP contribution in [0.25, 0.3) is 0 Å². The molecular weight excluding hydrogens is 202 g/mol. The highest BCUT2D eigenvalue weighted by molar-refractivity contribution is 8.13. The zero-order chi connectivity index (χ0) is 10.6. The molecule has 5 nitrogen and oxygen atoms in total. The molecule has 1 aliphatic heterocycles. The van der Waals surface area contributed by atoms with E-state index < -0.39 is 0 Å². The predicted molar refractivity (Wildman–Crippen MR) is 56.1 cm³/mol. The van der Waals surface area contributed by atoms with Crippen LogP contribution in [-0.4, -0.2) is 47.5 Å². The quantitative estimate of drug-likeness (QED) is 0.673. The normalized spacial score (nSPS) is 18.4. The van der Waals surface area contributed by atoms with Crippen molar-refractivity contribution in [3.05, 3.63) is 0 Å². The molecule has 1 heterocycles. The summed E-state index contributed by atoms with van der Waals surface area (Å²) in [5, 5.41) is 2.70. The molecule has 0 radical (unpaired) electrons. The molecule has 1 saturated heterocycles. The monoisotopic (exact) mass is 217 g/mol. The Hall–Kier alpha value is -0.750. The Balaban J connectivity index is 2.29. The first kappa shape index (κ1) is 11.3. The van der Waals surface area contributed by atoms with Crippen LogP contribution < -0.4 is 11.1 Å². The van der Waals surface area contributed by atoms with Crippen LogP contribution in [0, 0.1) is 0 Å². The van der Waals surface area contributed by atoms with Crippen molar-refractivity contribution in [1.29, 1.82) is 0 Å². The van der Waals surface area contributed by atoms with Gasteiger partial charge in [-0.1, -0.05) is 11.8 Å². The summed E-state index contributed by atoms with van der Waals surface area (Å²) in [6.07, 6.45) is 0. The number of hydrogen-bond acceptors (Lipinski definition) is 4. The summed E-state index contributed by atoms with van der Waals surface area (Å²) in [4.78, 5) is 24.0. The molecule has 0 unspecified atom stereocenters. The third-order valence-corrected chi connectivity index (χ3v) is 2.83. The first-order chi connectivity index (χ1) is 6.63. The third kappa shape index (κ3) is 3.19. The van der Waals surface area contributed by atoms with Gasteiger partial charge in [-0.05, 0) is 6.92 Å². The molecule has 0 spiro atoms. The maximum Gasteiger partial charge on any atom is 0.282 e. The fourth-order valence-electron chi connectivity index (χ4n) is 1.12. The van der Waals surface area contributed by atoms with Crippen molar-refractivity contribution in [2.24, 2.45) is 5.73 Å². The average Bonchev–Trinajstić information content (AvgIpc) is 2.51. The Bertz CT molecular complexity index is 235. The maximum absolute atomic E-state index is 11.3. The van der Waals surface area contributed by atoms with Crippen molar-refractivity contribution in [3.8, 4) is 0 Å². The minimum absolute atomic E-state index is 0.0134. The van der Waals surface area contributed by atoms with Crippen LogP contribution in [0.5, 0.6) is 0 Å². The van der Waals surface area contributed by atoms with E-state index in [0.29, 0.717) is 13.1 Å². The fourth-order valence-corrected chi connectivity index (χ4v) is 1.95. The molecule has 3 N–H and O–H groups in total. The number of amides is 2. The van der Waals surface area contributed by atoms with Gasteiger partial charge in [-0.2, -0.15) is 0 Å². The van der Waals surface area contributed by atoms with Gasteiger partial charge in [0.05, 0.1) is 0 Å². The summed E-state index contributed by atoms with van der Waals surface area (Å²) < 4.78 is 0. The zero-order valence-corrected chi connectivity index (χ0v) is 8.97. The van der Waals surface area contributed by atoms with Crippen LogP contribution in [0.3, 0.4) is 0 Å². The molecule has 2 amide bonds. The van der Waals surface area contributed by atoms with E-state index in [0.717, 1.165) is 5.75 Å². The van der Waals surface area contributed by atoms with Gasteiger partial charge in [0.1, 0.15) is 6.54 Å². The average molecular weight is 217 g/mol. The highest BCUT2D eigenvalue weighted by Gasteiger charge is 2.23. The Morgan fingerprint density at radius 2 is 2.50 bits per heavy atom. The smallest absolute Gasteiger partial charge is 0.282 e. The van der Waals surface area contributed by atoms with Gasteiger partial charge >= 0.3 is 0 Å². The Morgan fingerprint density at radius 1 is 1.79 bits per heavy atom. The first-order valence-electron chi connectivity index (χ1n) is 4.54. The van der Waals surface area contributed by atoms with Crippen LogP contribution in [0.4, 0.5) is 4.79 Å². The molecule has 1 aliphatic rings. The third-order valence-electron chi connectivity index (χ3n) is 1.94. The number of thioether (sulfide) groups is 1. The number of nitrogens with zero attached hydrogens (tertiary/aromatic N) is 1. The zero-order valence-electron chi connectivity index (χ0n) is 8.16. The highest BCUT2D eigenvalue weighted by atomic mass is 32.2. The Morgan fingerprint density at radius 3 is 3.00 bits per heavy atom. The number of nitrogens with one attached hydrogen (secondary N) is 1. The van der Waals surface area contributed by atoms with Gasteiger partial charge in [-0.25, -0.2) is 0 Å². The molecule has 14 heavy (non-hydrogen) atoms. The molecule has 1 atom stereocenters. The number of hydrogen-bond donors (Lipinski definition) is 2. The number of carbonyl (C=O) groups is 2. The van der Waals surface area contributed by atoms with E-state index in [9.17, 15) is 9.59 Å². The molecule has 0 aromatic heterocycles. The van der Waals surface area contributed by atoms with Gasteiger partial charge in [-0.15, -0.1) is 0 Å². The number of nitrogens with two attached hydrogens (primary N) is 1. The molecule has 6 heteroatoms. The lowest BCUT2D eigenvalue weighted by Gasteiger charge is -2.16. The minimum Gasteiger partial charge on any atom is -0.351 e. The number of carbonyl (C=O) groups excluding carboxylic acids is 2. The Labute approximate surface area is 87.4 Å². The maximum atomic E-state index is 11.3. The summed E-state index contributed by atoms with van der Waals surface area (Å²) in [5.74, 6) is 0.636. The van der Waals surface area contributed by atoms with Crippen molar-refractivity contribution >= 4 is 22.9 Å². The lowest BCUT2D eigenvalue weighted by Crippen LogP contribution is -2.43. The summed E-state index contributed by atoms with van der Waals surface area (Å²) in [7, 11) is 0. The first-order valence-corrected chi connectivity index (χ1v) is 5.53. The SMILES string of the molecule is C[C@H](CN)NC(=O)CN1CCSC1=O. The molecule has 1 fully saturated rings.